The van der Waals surface area contributed by atoms with Crippen LogP contribution in [0.5, 0.6) is 0 Å². The van der Waals surface area contributed by atoms with Gasteiger partial charge in [-0.25, -0.2) is 13.1 Å². The molecule has 136 valence electrons. The average Bonchev–Trinajstić information content (AvgIpc) is 3.02. The van der Waals surface area contributed by atoms with Gasteiger partial charge in [0.1, 0.15) is 6.61 Å². The third kappa shape index (κ3) is 3.78. The van der Waals surface area contributed by atoms with Crippen LogP contribution in [0, 0.1) is 11.3 Å². The molecule has 25 heavy (non-hydrogen) atoms. The van der Waals surface area contributed by atoms with E-state index in [0.717, 1.165) is 18.5 Å². The Balaban J connectivity index is 1.63. The number of ether oxygens (including phenoxy) is 1. The van der Waals surface area contributed by atoms with E-state index >= 15 is 0 Å². The molecule has 2 unspecified atom stereocenters. The number of benzene rings is 1. The third-order valence-electron chi connectivity index (χ3n) is 5.17. The lowest BCUT2D eigenvalue weighted by Crippen LogP contribution is -2.58. The minimum Gasteiger partial charge on any atom is -0.377 e. The van der Waals surface area contributed by atoms with Gasteiger partial charge < -0.3 is 9.26 Å². The zero-order valence-electron chi connectivity index (χ0n) is 14.7. The van der Waals surface area contributed by atoms with Gasteiger partial charge in [0.05, 0.1) is 10.6 Å². The molecule has 3 rings (SSSR count). The molecule has 0 spiro atoms. The Morgan fingerprint density at radius 3 is 2.68 bits per heavy atom. The highest BCUT2D eigenvalue weighted by Gasteiger charge is 2.49. The molecule has 1 aliphatic carbocycles. The summed E-state index contributed by atoms with van der Waals surface area (Å²) in [7, 11) is -1.88. The average molecular weight is 364 g/mol. The molecule has 1 aromatic carbocycles. The smallest absolute Gasteiger partial charge is 0.240 e. The van der Waals surface area contributed by atoms with Crippen molar-refractivity contribution in [3.8, 4) is 0 Å². The zero-order chi connectivity index (χ0) is 18.1. The molecular formula is C18H24N2O4S. The molecule has 0 aliphatic heterocycles. The van der Waals surface area contributed by atoms with Gasteiger partial charge in [0.15, 0.2) is 5.76 Å². The van der Waals surface area contributed by atoms with Crippen LogP contribution in [0.2, 0.25) is 0 Å². The van der Waals surface area contributed by atoms with Crippen LogP contribution in [-0.2, 0) is 27.8 Å². The maximum Gasteiger partial charge on any atom is 0.240 e. The molecule has 0 saturated heterocycles. The van der Waals surface area contributed by atoms with Gasteiger partial charge in [0, 0.05) is 19.2 Å². The normalized spacial score (nSPS) is 22.5. The number of nitrogens with zero attached hydrogens (tertiary/aromatic N) is 1. The largest absolute Gasteiger partial charge is 0.377 e. The van der Waals surface area contributed by atoms with E-state index in [4.69, 9.17) is 9.26 Å². The lowest BCUT2D eigenvalue weighted by Gasteiger charge is -2.52. The van der Waals surface area contributed by atoms with Crippen LogP contribution in [0.15, 0.2) is 45.8 Å². The van der Waals surface area contributed by atoms with E-state index in [0.29, 0.717) is 23.2 Å². The predicted molar refractivity (Wildman–Crippen MR) is 93.4 cm³/mol. The molecule has 1 aliphatic rings. The summed E-state index contributed by atoms with van der Waals surface area (Å²) in [5.41, 5.74) is 0.733. The van der Waals surface area contributed by atoms with Gasteiger partial charge in [-0.15, -0.1) is 0 Å². The maximum atomic E-state index is 12.5. The Labute approximate surface area is 148 Å². The Hall–Kier alpha value is -1.70. The summed E-state index contributed by atoms with van der Waals surface area (Å²) in [4.78, 5) is 0.301. The molecule has 1 saturated carbocycles. The molecule has 2 atom stereocenters. The highest BCUT2D eigenvalue weighted by molar-refractivity contribution is 7.89. The van der Waals surface area contributed by atoms with Crippen LogP contribution < -0.4 is 4.72 Å². The lowest BCUT2D eigenvalue weighted by molar-refractivity contribution is 0.0270. The van der Waals surface area contributed by atoms with E-state index in [1.807, 2.05) is 6.07 Å². The molecule has 0 bridgehead atoms. The van der Waals surface area contributed by atoms with E-state index < -0.39 is 10.0 Å². The quantitative estimate of drug-likeness (QED) is 0.817. The van der Waals surface area contributed by atoms with Crippen LogP contribution in [0.25, 0.3) is 0 Å². The van der Waals surface area contributed by atoms with E-state index in [2.05, 4.69) is 23.7 Å². The molecule has 1 N–H and O–H groups in total. The number of sulfonamides is 1. The highest BCUT2D eigenvalue weighted by Crippen LogP contribution is 2.48. The number of rotatable bonds is 7. The van der Waals surface area contributed by atoms with Crippen molar-refractivity contribution in [3.63, 3.8) is 0 Å². The Kier molecular flexibility index (Phi) is 4.99. The summed E-state index contributed by atoms with van der Waals surface area (Å²) in [5.74, 6) is 1.05. The van der Waals surface area contributed by atoms with Crippen LogP contribution in [0.1, 0.15) is 31.7 Å². The van der Waals surface area contributed by atoms with Gasteiger partial charge >= 0.3 is 0 Å². The SMILES string of the molecule is COCc1cc(CC2CC(NS(=O)(=O)c3ccccc3)C2(C)C)no1. The van der Waals surface area contributed by atoms with Crippen LogP contribution in [0.3, 0.4) is 0 Å². The van der Waals surface area contributed by atoms with Crippen molar-refractivity contribution in [3.05, 3.63) is 47.9 Å². The van der Waals surface area contributed by atoms with Gasteiger partial charge in [-0.3, -0.25) is 0 Å². The molecule has 1 aromatic heterocycles. The second kappa shape index (κ2) is 6.90. The van der Waals surface area contributed by atoms with E-state index in [9.17, 15) is 8.42 Å². The third-order valence-corrected chi connectivity index (χ3v) is 6.66. The van der Waals surface area contributed by atoms with Crippen molar-refractivity contribution in [2.24, 2.45) is 11.3 Å². The Morgan fingerprint density at radius 2 is 2.04 bits per heavy atom. The topological polar surface area (TPSA) is 81.4 Å². The van der Waals surface area contributed by atoms with Crippen molar-refractivity contribution >= 4 is 10.0 Å². The summed E-state index contributed by atoms with van der Waals surface area (Å²) in [6.45, 7) is 4.59. The first kappa shape index (κ1) is 18.1. The Morgan fingerprint density at radius 1 is 1.32 bits per heavy atom. The van der Waals surface area contributed by atoms with Crippen LogP contribution >= 0.6 is 0 Å². The molecule has 0 radical (unpaired) electrons. The second-order valence-corrected chi connectivity index (χ2v) is 8.88. The van der Waals surface area contributed by atoms with E-state index in [-0.39, 0.29) is 11.5 Å². The standard InChI is InChI=1S/C18H24N2O4S/c1-18(2)13(9-14-11-15(12-23-3)24-19-14)10-17(18)20-25(21,22)16-7-5-4-6-8-16/h4-8,11,13,17,20H,9-10,12H2,1-3H3. The highest BCUT2D eigenvalue weighted by atomic mass is 32.2. The van der Waals surface area contributed by atoms with Crippen LogP contribution in [0.4, 0.5) is 0 Å². The number of nitrogens with one attached hydrogen (secondary N) is 1. The molecule has 7 heteroatoms. The van der Waals surface area contributed by atoms with Crippen molar-refractivity contribution < 1.29 is 17.7 Å². The van der Waals surface area contributed by atoms with Crippen molar-refractivity contribution in [2.75, 3.05) is 7.11 Å². The van der Waals surface area contributed by atoms with E-state index in [1.165, 1.54) is 0 Å². The van der Waals surface area contributed by atoms with Gasteiger partial charge in [-0.05, 0) is 36.3 Å². The molecule has 1 fully saturated rings. The second-order valence-electron chi connectivity index (χ2n) is 7.16. The number of hydrogen-bond acceptors (Lipinski definition) is 5. The summed E-state index contributed by atoms with van der Waals surface area (Å²) < 4.78 is 38.1. The van der Waals surface area contributed by atoms with Gasteiger partial charge in [0.2, 0.25) is 10.0 Å². The van der Waals surface area contributed by atoms with Gasteiger partial charge in [-0.1, -0.05) is 37.2 Å². The maximum absolute atomic E-state index is 12.5. The first-order chi connectivity index (χ1) is 11.8. The minimum atomic E-state index is -3.49. The fraction of sp³-hybridized carbons (Fsp3) is 0.500. The number of aromatic nitrogens is 1. The van der Waals surface area contributed by atoms with Crippen molar-refractivity contribution in [1.82, 2.24) is 9.88 Å². The molecule has 1 heterocycles. The molecule has 6 nitrogen and oxygen atoms in total. The summed E-state index contributed by atoms with van der Waals surface area (Å²) in [6, 6.07) is 10.3. The van der Waals surface area contributed by atoms with Crippen LogP contribution in [-0.4, -0.2) is 26.7 Å². The summed E-state index contributed by atoms with van der Waals surface area (Å²) in [5, 5.41) is 4.08. The monoisotopic (exact) mass is 364 g/mol. The predicted octanol–water partition coefficient (Wildman–Crippen LogP) is 2.76. The minimum absolute atomic E-state index is 0.0898. The molecule has 2 aromatic rings. The van der Waals surface area contributed by atoms with Gasteiger partial charge in [-0.2, -0.15) is 0 Å². The van der Waals surface area contributed by atoms with Crippen molar-refractivity contribution in [2.45, 2.75) is 44.2 Å². The molecular weight excluding hydrogens is 340 g/mol. The van der Waals surface area contributed by atoms with E-state index in [1.54, 1.807) is 37.4 Å². The lowest BCUT2D eigenvalue weighted by atomic mass is 9.57. The fourth-order valence-corrected chi connectivity index (χ4v) is 4.76. The molecule has 0 amide bonds. The number of methoxy groups -OCH3 is 1. The Bertz CT molecular complexity index is 815. The summed E-state index contributed by atoms with van der Waals surface area (Å²) >= 11 is 0. The van der Waals surface area contributed by atoms with Crippen molar-refractivity contribution in [1.29, 1.82) is 0 Å². The number of hydrogen-bond donors (Lipinski definition) is 1. The zero-order valence-corrected chi connectivity index (χ0v) is 15.5. The fourth-order valence-electron chi connectivity index (χ4n) is 3.33. The summed E-state index contributed by atoms with van der Waals surface area (Å²) in [6.07, 6.45) is 1.55. The first-order valence-corrected chi connectivity index (χ1v) is 9.82. The first-order valence-electron chi connectivity index (χ1n) is 8.33. The van der Waals surface area contributed by atoms with Gasteiger partial charge in [0.25, 0.3) is 0 Å².